The topological polar surface area (TPSA) is 30.5 Å². The summed E-state index contributed by atoms with van der Waals surface area (Å²) in [6.07, 6.45) is 0. The van der Waals surface area contributed by atoms with Crippen molar-refractivity contribution in [3.63, 3.8) is 0 Å². The molecule has 4 heteroatoms. The molecule has 0 aromatic heterocycles. The van der Waals surface area contributed by atoms with Crippen molar-refractivity contribution in [2.75, 3.05) is 12.4 Å². The number of nitrogens with one attached hydrogen (secondary N) is 1. The second-order valence-corrected chi connectivity index (χ2v) is 6.94. The lowest BCUT2D eigenvalue weighted by Gasteiger charge is -2.17. The highest BCUT2D eigenvalue weighted by Gasteiger charge is 2.11. The zero-order chi connectivity index (χ0) is 18.4. The fourth-order valence-electron chi connectivity index (χ4n) is 2.71. The highest BCUT2D eigenvalue weighted by Crippen LogP contribution is 2.32. The van der Waals surface area contributed by atoms with Crippen molar-refractivity contribution >= 4 is 21.6 Å². The van der Waals surface area contributed by atoms with Gasteiger partial charge in [-0.15, -0.1) is 0 Å². The molecule has 0 atom stereocenters. The van der Waals surface area contributed by atoms with E-state index in [0.29, 0.717) is 13.2 Å². The summed E-state index contributed by atoms with van der Waals surface area (Å²) < 4.78 is 12.7. The Morgan fingerprint density at radius 3 is 2.35 bits per heavy atom. The van der Waals surface area contributed by atoms with Gasteiger partial charge in [-0.3, -0.25) is 0 Å². The number of benzene rings is 3. The van der Waals surface area contributed by atoms with Gasteiger partial charge in [0, 0.05) is 22.3 Å². The van der Waals surface area contributed by atoms with Crippen molar-refractivity contribution < 1.29 is 9.47 Å². The van der Waals surface area contributed by atoms with Crippen molar-refractivity contribution in [3.8, 4) is 11.5 Å². The third-order valence-corrected chi connectivity index (χ3v) is 4.77. The van der Waals surface area contributed by atoms with Crippen LogP contribution in [0.4, 0.5) is 5.69 Å². The van der Waals surface area contributed by atoms with Gasteiger partial charge in [-0.05, 0) is 48.4 Å². The van der Waals surface area contributed by atoms with Crippen molar-refractivity contribution in [3.05, 3.63) is 87.9 Å². The highest BCUT2D eigenvalue weighted by molar-refractivity contribution is 9.10. The monoisotopic (exact) mass is 411 g/mol. The smallest absolute Gasteiger partial charge is 0.166 e. The zero-order valence-corrected chi connectivity index (χ0v) is 16.5. The fourth-order valence-corrected chi connectivity index (χ4v) is 2.98. The van der Waals surface area contributed by atoms with Gasteiger partial charge >= 0.3 is 0 Å². The molecular weight excluding hydrogens is 390 g/mol. The van der Waals surface area contributed by atoms with Crippen LogP contribution in [0.2, 0.25) is 0 Å². The summed E-state index contributed by atoms with van der Waals surface area (Å²) in [5.74, 6) is 1.52. The largest absolute Gasteiger partial charge is 0.493 e. The third kappa shape index (κ3) is 4.58. The van der Waals surface area contributed by atoms with Gasteiger partial charge in [0.05, 0.1) is 7.11 Å². The van der Waals surface area contributed by atoms with Gasteiger partial charge in [0.1, 0.15) is 6.61 Å². The number of aryl methyl sites for hydroxylation is 1. The minimum absolute atomic E-state index is 0.512. The molecule has 0 bridgehead atoms. The van der Waals surface area contributed by atoms with Gasteiger partial charge in [0.25, 0.3) is 0 Å². The van der Waals surface area contributed by atoms with E-state index in [1.165, 1.54) is 11.1 Å². The van der Waals surface area contributed by atoms with E-state index < -0.39 is 0 Å². The molecular formula is C22H22BrNO2. The Morgan fingerprint density at radius 2 is 1.62 bits per heavy atom. The SMILES string of the molecule is COc1cccc(CNc2ccc(Br)cc2)c1OCc1ccccc1C. The Kier molecular flexibility index (Phi) is 6.18. The molecule has 0 fully saturated rings. The van der Waals surface area contributed by atoms with Crippen LogP contribution in [-0.2, 0) is 13.2 Å². The molecule has 0 aliphatic rings. The lowest BCUT2D eigenvalue weighted by molar-refractivity contribution is 0.281. The average molecular weight is 412 g/mol. The first-order chi connectivity index (χ1) is 12.7. The van der Waals surface area contributed by atoms with E-state index in [1.54, 1.807) is 7.11 Å². The summed E-state index contributed by atoms with van der Waals surface area (Å²) in [5.41, 5.74) is 4.50. The molecule has 0 amide bonds. The molecule has 0 radical (unpaired) electrons. The zero-order valence-electron chi connectivity index (χ0n) is 15.0. The maximum absolute atomic E-state index is 6.16. The molecule has 0 aliphatic heterocycles. The van der Waals surface area contributed by atoms with E-state index in [-0.39, 0.29) is 0 Å². The second kappa shape index (κ2) is 8.77. The normalized spacial score (nSPS) is 10.4. The molecule has 0 saturated heterocycles. The number of methoxy groups -OCH3 is 1. The van der Waals surface area contributed by atoms with E-state index in [2.05, 4.69) is 46.4 Å². The number of hydrogen-bond donors (Lipinski definition) is 1. The summed E-state index contributed by atoms with van der Waals surface area (Å²) in [7, 11) is 1.67. The summed E-state index contributed by atoms with van der Waals surface area (Å²) in [6.45, 7) is 3.26. The van der Waals surface area contributed by atoms with Crippen LogP contribution < -0.4 is 14.8 Å². The van der Waals surface area contributed by atoms with E-state index in [1.807, 2.05) is 48.5 Å². The minimum Gasteiger partial charge on any atom is -0.493 e. The van der Waals surface area contributed by atoms with E-state index in [0.717, 1.165) is 27.2 Å². The van der Waals surface area contributed by atoms with Crippen molar-refractivity contribution in [2.24, 2.45) is 0 Å². The summed E-state index contributed by atoms with van der Waals surface area (Å²) >= 11 is 3.46. The Balaban J connectivity index is 1.77. The first kappa shape index (κ1) is 18.3. The lowest BCUT2D eigenvalue weighted by Crippen LogP contribution is -2.05. The quantitative estimate of drug-likeness (QED) is 0.520. The molecule has 3 nitrogen and oxygen atoms in total. The van der Waals surface area contributed by atoms with Crippen LogP contribution >= 0.6 is 15.9 Å². The molecule has 134 valence electrons. The van der Waals surface area contributed by atoms with Crippen LogP contribution in [0, 0.1) is 6.92 Å². The van der Waals surface area contributed by atoms with Crippen LogP contribution in [0.25, 0.3) is 0 Å². The number of rotatable bonds is 7. The molecule has 26 heavy (non-hydrogen) atoms. The predicted octanol–water partition coefficient (Wildman–Crippen LogP) is 5.96. The number of halogens is 1. The van der Waals surface area contributed by atoms with E-state index in [4.69, 9.17) is 9.47 Å². The average Bonchev–Trinajstić information content (AvgIpc) is 2.67. The number of ether oxygens (including phenoxy) is 2. The summed E-state index contributed by atoms with van der Waals surface area (Å²) in [4.78, 5) is 0. The number of hydrogen-bond acceptors (Lipinski definition) is 3. The van der Waals surface area contributed by atoms with Crippen molar-refractivity contribution in [1.29, 1.82) is 0 Å². The second-order valence-electron chi connectivity index (χ2n) is 6.02. The molecule has 0 heterocycles. The molecule has 0 unspecified atom stereocenters. The van der Waals surface area contributed by atoms with Crippen LogP contribution in [0.5, 0.6) is 11.5 Å². The third-order valence-electron chi connectivity index (χ3n) is 4.24. The maximum Gasteiger partial charge on any atom is 0.166 e. The molecule has 3 aromatic carbocycles. The predicted molar refractivity (Wildman–Crippen MR) is 110 cm³/mol. The van der Waals surface area contributed by atoms with Gasteiger partial charge in [0.2, 0.25) is 0 Å². The molecule has 0 aliphatic carbocycles. The van der Waals surface area contributed by atoms with Gasteiger partial charge in [-0.1, -0.05) is 52.3 Å². The Bertz CT molecular complexity index is 862. The molecule has 0 spiro atoms. The Hall–Kier alpha value is -2.46. The van der Waals surface area contributed by atoms with E-state index in [9.17, 15) is 0 Å². The maximum atomic E-state index is 6.16. The molecule has 0 saturated carbocycles. The van der Waals surface area contributed by atoms with Gasteiger partial charge < -0.3 is 14.8 Å². The fraction of sp³-hybridized carbons (Fsp3) is 0.182. The minimum atomic E-state index is 0.512. The van der Waals surface area contributed by atoms with Crippen molar-refractivity contribution in [2.45, 2.75) is 20.1 Å². The van der Waals surface area contributed by atoms with Gasteiger partial charge in [-0.2, -0.15) is 0 Å². The first-order valence-corrected chi connectivity index (χ1v) is 9.29. The standard InChI is InChI=1S/C22H22BrNO2/c1-16-6-3-4-7-18(16)15-26-22-17(8-5-9-21(22)25-2)14-24-20-12-10-19(23)11-13-20/h3-13,24H,14-15H2,1-2H3. The molecule has 1 N–H and O–H groups in total. The Morgan fingerprint density at radius 1 is 0.885 bits per heavy atom. The first-order valence-electron chi connectivity index (χ1n) is 8.50. The van der Waals surface area contributed by atoms with Crippen LogP contribution in [0.1, 0.15) is 16.7 Å². The molecule has 3 aromatic rings. The summed E-state index contributed by atoms with van der Waals surface area (Å²) in [6, 6.07) is 22.3. The van der Waals surface area contributed by atoms with Crippen molar-refractivity contribution in [1.82, 2.24) is 0 Å². The Labute approximate surface area is 163 Å². The number of anilines is 1. The van der Waals surface area contributed by atoms with Crippen LogP contribution in [-0.4, -0.2) is 7.11 Å². The number of para-hydroxylation sites is 1. The van der Waals surface area contributed by atoms with Gasteiger partial charge in [-0.25, -0.2) is 0 Å². The summed E-state index contributed by atoms with van der Waals surface area (Å²) in [5, 5.41) is 3.43. The van der Waals surface area contributed by atoms with Gasteiger partial charge in [0.15, 0.2) is 11.5 Å². The molecule has 3 rings (SSSR count). The van der Waals surface area contributed by atoms with Crippen LogP contribution in [0.15, 0.2) is 71.2 Å². The lowest BCUT2D eigenvalue weighted by atomic mass is 10.1. The van der Waals surface area contributed by atoms with Crippen LogP contribution in [0.3, 0.4) is 0 Å². The van der Waals surface area contributed by atoms with E-state index >= 15 is 0 Å². The highest BCUT2D eigenvalue weighted by atomic mass is 79.9.